The number of anilines is 1. The molecule has 3 aromatic rings. The molecule has 0 spiro atoms. The van der Waals surface area contributed by atoms with Gasteiger partial charge in [-0.3, -0.25) is 0 Å². The molecule has 122 valence electrons. The number of aromatic nitrogens is 1. The number of methoxy groups -OCH3 is 1. The number of nitrogens with zero attached hydrogens (tertiary/aromatic N) is 1. The molecule has 0 aliphatic carbocycles. The Bertz CT molecular complexity index is 829. The van der Waals surface area contributed by atoms with Gasteiger partial charge in [0.15, 0.2) is 5.56 Å². The molecule has 0 bridgehead atoms. The average Bonchev–Trinajstić information content (AvgIpc) is 3.05. The summed E-state index contributed by atoms with van der Waals surface area (Å²) in [5, 5.41) is 7.77. The number of carbonyl (C=O) groups is 1. The van der Waals surface area contributed by atoms with E-state index in [2.05, 4.69) is 10.5 Å². The first-order valence-electron chi connectivity index (χ1n) is 7.30. The quantitative estimate of drug-likeness (QED) is 0.696. The van der Waals surface area contributed by atoms with Crippen LogP contribution < -0.4 is 5.32 Å². The molecular formula is C18H15ClN2O3. The number of benzene rings is 2. The number of esters is 1. The number of ether oxygens (including phenoxy) is 1. The molecule has 1 N–H and O–H groups in total. The van der Waals surface area contributed by atoms with Crippen LogP contribution in [0.3, 0.4) is 0 Å². The Hall–Kier alpha value is -2.79. The molecule has 0 aliphatic rings. The Labute approximate surface area is 144 Å². The van der Waals surface area contributed by atoms with E-state index in [1.807, 2.05) is 42.5 Å². The fourth-order valence-electron chi connectivity index (χ4n) is 2.28. The van der Waals surface area contributed by atoms with Crippen LogP contribution >= 0.6 is 11.6 Å². The van der Waals surface area contributed by atoms with Crippen molar-refractivity contribution in [2.45, 2.75) is 6.54 Å². The third-order valence-electron chi connectivity index (χ3n) is 3.50. The lowest BCUT2D eigenvalue weighted by Crippen LogP contribution is -2.07. The maximum atomic E-state index is 12.2. The first-order valence-corrected chi connectivity index (χ1v) is 7.68. The number of carbonyl (C=O) groups excluding carboxylic acids is 1. The van der Waals surface area contributed by atoms with Gasteiger partial charge in [0.1, 0.15) is 5.69 Å². The van der Waals surface area contributed by atoms with Crippen molar-refractivity contribution in [2.75, 3.05) is 12.4 Å². The Balaban J connectivity index is 1.89. The van der Waals surface area contributed by atoms with Gasteiger partial charge in [0.05, 0.1) is 7.11 Å². The van der Waals surface area contributed by atoms with Crippen LogP contribution in [-0.4, -0.2) is 18.2 Å². The van der Waals surface area contributed by atoms with Gasteiger partial charge >= 0.3 is 5.97 Å². The second-order valence-electron chi connectivity index (χ2n) is 5.07. The molecule has 0 saturated heterocycles. The van der Waals surface area contributed by atoms with E-state index in [0.29, 0.717) is 17.3 Å². The molecule has 1 heterocycles. The third-order valence-corrected chi connectivity index (χ3v) is 3.75. The highest BCUT2D eigenvalue weighted by molar-refractivity contribution is 6.30. The molecule has 24 heavy (non-hydrogen) atoms. The van der Waals surface area contributed by atoms with Crippen molar-refractivity contribution in [2.24, 2.45) is 0 Å². The summed E-state index contributed by atoms with van der Waals surface area (Å²) in [6.45, 7) is 0.463. The summed E-state index contributed by atoms with van der Waals surface area (Å²) in [6, 6.07) is 16.7. The van der Waals surface area contributed by atoms with E-state index in [1.54, 1.807) is 12.1 Å². The molecule has 6 heteroatoms. The van der Waals surface area contributed by atoms with Gasteiger partial charge < -0.3 is 14.6 Å². The lowest BCUT2D eigenvalue weighted by Gasteiger charge is -2.05. The zero-order chi connectivity index (χ0) is 16.9. The van der Waals surface area contributed by atoms with Crippen LogP contribution in [-0.2, 0) is 11.3 Å². The van der Waals surface area contributed by atoms with Crippen molar-refractivity contribution in [3.8, 4) is 11.3 Å². The third kappa shape index (κ3) is 3.41. The topological polar surface area (TPSA) is 64.4 Å². The molecule has 0 aliphatic heterocycles. The van der Waals surface area contributed by atoms with Gasteiger partial charge in [0.2, 0.25) is 5.88 Å². The first kappa shape index (κ1) is 16.1. The zero-order valence-electron chi connectivity index (χ0n) is 13.0. The lowest BCUT2D eigenvalue weighted by molar-refractivity contribution is 0.0602. The van der Waals surface area contributed by atoms with Crippen LogP contribution in [0.15, 0.2) is 59.1 Å². The van der Waals surface area contributed by atoms with E-state index >= 15 is 0 Å². The smallest absolute Gasteiger partial charge is 0.345 e. The van der Waals surface area contributed by atoms with Crippen LogP contribution in [0.25, 0.3) is 11.3 Å². The van der Waals surface area contributed by atoms with Gasteiger partial charge in [-0.15, -0.1) is 0 Å². The van der Waals surface area contributed by atoms with E-state index in [0.717, 1.165) is 11.1 Å². The standard InChI is InChI=1S/C18H15ClN2O3/c1-23-18(22)15-16(13-5-3-2-4-6-13)21-24-17(15)20-11-12-7-9-14(19)10-8-12/h2-10,20H,11H2,1H3. The van der Waals surface area contributed by atoms with Crippen molar-refractivity contribution >= 4 is 23.5 Å². The molecule has 0 unspecified atom stereocenters. The maximum Gasteiger partial charge on any atom is 0.345 e. The molecule has 0 amide bonds. The van der Waals surface area contributed by atoms with E-state index in [4.69, 9.17) is 20.9 Å². The molecule has 0 atom stereocenters. The van der Waals surface area contributed by atoms with Crippen molar-refractivity contribution in [3.05, 3.63) is 70.7 Å². The van der Waals surface area contributed by atoms with Gasteiger partial charge in [0.25, 0.3) is 0 Å². The van der Waals surface area contributed by atoms with Crippen molar-refractivity contribution in [1.29, 1.82) is 0 Å². The van der Waals surface area contributed by atoms with E-state index in [9.17, 15) is 4.79 Å². The number of rotatable bonds is 5. The molecular weight excluding hydrogens is 328 g/mol. The highest BCUT2D eigenvalue weighted by Crippen LogP contribution is 2.29. The average molecular weight is 343 g/mol. The first-order chi connectivity index (χ1) is 11.7. The Morgan fingerprint density at radius 2 is 1.88 bits per heavy atom. The molecule has 0 saturated carbocycles. The zero-order valence-corrected chi connectivity index (χ0v) is 13.7. The Morgan fingerprint density at radius 3 is 2.54 bits per heavy atom. The highest BCUT2D eigenvalue weighted by Gasteiger charge is 2.24. The summed E-state index contributed by atoms with van der Waals surface area (Å²) in [5.74, 6) is -0.232. The SMILES string of the molecule is COC(=O)c1c(-c2ccccc2)noc1NCc1ccc(Cl)cc1. The van der Waals surface area contributed by atoms with Gasteiger partial charge in [-0.25, -0.2) is 4.79 Å². The van der Waals surface area contributed by atoms with E-state index < -0.39 is 5.97 Å². The molecule has 3 rings (SSSR count). The Morgan fingerprint density at radius 1 is 1.17 bits per heavy atom. The number of halogens is 1. The van der Waals surface area contributed by atoms with E-state index in [-0.39, 0.29) is 11.4 Å². The number of hydrogen-bond acceptors (Lipinski definition) is 5. The van der Waals surface area contributed by atoms with Crippen LogP contribution in [0.5, 0.6) is 0 Å². The van der Waals surface area contributed by atoms with Crippen LogP contribution in [0.2, 0.25) is 5.02 Å². The van der Waals surface area contributed by atoms with Crippen LogP contribution in [0, 0.1) is 0 Å². The molecule has 0 fully saturated rings. The monoisotopic (exact) mass is 342 g/mol. The van der Waals surface area contributed by atoms with Gasteiger partial charge in [-0.2, -0.15) is 0 Å². The summed E-state index contributed by atoms with van der Waals surface area (Å²) in [4.78, 5) is 12.2. The van der Waals surface area contributed by atoms with Gasteiger partial charge in [0, 0.05) is 17.1 Å². The number of nitrogens with one attached hydrogen (secondary N) is 1. The van der Waals surface area contributed by atoms with Crippen molar-refractivity contribution in [3.63, 3.8) is 0 Å². The minimum Gasteiger partial charge on any atom is -0.465 e. The molecule has 1 aromatic heterocycles. The maximum absolute atomic E-state index is 12.2. The summed E-state index contributed by atoms with van der Waals surface area (Å²) >= 11 is 5.88. The second kappa shape index (κ2) is 7.19. The van der Waals surface area contributed by atoms with Gasteiger partial charge in [-0.1, -0.05) is 59.2 Å². The summed E-state index contributed by atoms with van der Waals surface area (Å²) in [5.41, 5.74) is 2.49. The summed E-state index contributed by atoms with van der Waals surface area (Å²) in [7, 11) is 1.33. The van der Waals surface area contributed by atoms with Crippen molar-refractivity contribution in [1.82, 2.24) is 5.16 Å². The Kier molecular flexibility index (Phi) is 4.82. The molecule has 5 nitrogen and oxygen atoms in total. The highest BCUT2D eigenvalue weighted by atomic mass is 35.5. The van der Waals surface area contributed by atoms with E-state index in [1.165, 1.54) is 7.11 Å². The minimum absolute atomic E-state index is 0.274. The minimum atomic E-state index is -0.506. The fourth-order valence-corrected chi connectivity index (χ4v) is 2.41. The summed E-state index contributed by atoms with van der Waals surface area (Å²) < 4.78 is 10.2. The summed E-state index contributed by atoms with van der Waals surface area (Å²) in [6.07, 6.45) is 0. The lowest BCUT2D eigenvalue weighted by atomic mass is 10.1. The fraction of sp³-hybridized carbons (Fsp3) is 0.111. The van der Waals surface area contributed by atoms with Crippen LogP contribution in [0.4, 0.5) is 5.88 Å². The normalized spacial score (nSPS) is 10.4. The second-order valence-corrected chi connectivity index (χ2v) is 5.51. The largest absolute Gasteiger partial charge is 0.465 e. The predicted molar refractivity (Wildman–Crippen MR) is 92.1 cm³/mol. The molecule has 2 aromatic carbocycles. The predicted octanol–water partition coefficient (Wildman–Crippen LogP) is 4.39. The van der Waals surface area contributed by atoms with Crippen LogP contribution in [0.1, 0.15) is 15.9 Å². The molecule has 0 radical (unpaired) electrons. The number of hydrogen-bond donors (Lipinski definition) is 1. The van der Waals surface area contributed by atoms with Gasteiger partial charge in [-0.05, 0) is 17.7 Å². The van der Waals surface area contributed by atoms with Crippen molar-refractivity contribution < 1.29 is 14.1 Å².